The van der Waals surface area contributed by atoms with Crippen LogP contribution in [0.15, 0.2) is 42.5 Å². The lowest BCUT2D eigenvalue weighted by molar-refractivity contribution is 0.0941. The van der Waals surface area contributed by atoms with Gasteiger partial charge in [0.25, 0.3) is 5.91 Å². The molecule has 1 aromatic heterocycles. The number of carbonyl (C=O) groups is 1. The number of rotatable bonds is 6. The fourth-order valence-corrected chi connectivity index (χ4v) is 2.69. The number of nitrogens with one attached hydrogen (secondary N) is 1. The highest BCUT2D eigenvalue weighted by molar-refractivity contribution is 6.33. The molecule has 1 atom stereocenters. The normalized spacial score (nSPS) is 12.2. The van der Waals surface area contributed by atoms with Crippen molar-refractivity contribution >= 4 is 29.1 Å². The molecule has 0 saturated carbocycles. The van der Waals surface area contributed by atoms with E-state index in [-0.39, 0.29) is 22.3 Å². The number of likely N-dealkylation sites (N-methyl/N-ethyl adjacent to an activating group) is 1. The third-order valence-corrected chi connectivity index (χ3v) is 3.95. The molecule has 0 aliphatic heterocycles. The average molecular weight is 352 g/mol. The molecule has 0 spiro atoms. The summed E-state index contributed by atoms with van der Waals surface area (Å²) in [6.07, 6.45) is 0.853. The monoisotopic (exact) mass is 351 g/mol. The Balaban J connectivity index is 1.99. The summed E-state index contributed by atoms with van der Waals surface area (Å²) in [6, 6.07) is 13.4. The van der Waals surface area contributed by atoms with Crippen molar-refractivity contribution in [2.75, 3.05) is 20.6 Å². The molecule has 0 bridgehead atoms. The summed E-state index contributed by atoms with van der Waals surface area (Å²) >= 11 is 11.7. The standard InChI is InChI=1S/C17H19Cl2N3O/c1-22(2)14(8-12-6-4-3-5-7-12)11-20-17(23)13-9-15(18)21-16(19)10-13/h3-7,9-10,14H,8,11H2,1-2H3,(H,20,23). The molecule has 0 aliphatic carbocycles. The van der Waals surface area contributed by atoms with Crippen molar-refractivity contribution in [1.82, 2.24) is 15.2 Å². The Kier molecular flexibility index (Phi) is 6.39. The lowest BCUT2D eigenvalue weighted by atomic mass is 10.1. The number of pyridine rings is 1. The van der Waals surface area contributed by atoms with Gasteiger partial charge in [-0.15, -0.1) is 0 Å². The zero-order valence-electron chi connectivity index (χ0n) is 13.1. The highest BCUT2D eigenvalue weighted by Crippen LogP contribution is 2.14. The molecule has 0 radical (unpaired) electrons. The number of hydrogen-bond donors (Lipinski definition) is 1. The van der Waals surface area contributed by atoms with Crippen LogP contribution in [-0.2, 0) is 6.42 Å². The Morgan fingerprint density at radius 2 is 1.78 bits per heavy atom. The quantitative estimate of drug-likeness (QED) is 0.812. The predicted molar refractivity (Wildman–Crippen MR) is 94.2 cm³/mol. The van der Waals surface area contributed by atoms with Gasteiger partial charge < -0.3 is 10.2 Å². The van der Waals surface area contributed by atoms with E-state index >= 15 is 0 Å². The van der Waals surface area contributed by atoms with Gasteiger partial charge in [0.2, 0.25) is 0 Å². The van der Waals surface area contributed by atoms with Crippen LogP contribution in [0.2, 0.25) is 10.3 Å². The summed E-state index contributed by atoms with van der Waals surface area (Å²) in [7, 11) is 4.00. The first kappa shape index (κ1) is 17.7. The van der Waals surface area contributed by atoms with Gasteiger partial charge in [0.15, 0.2) is 0 Å². The molecule has 0 fully saturated rings. The molecule has 1 heterocycles. The molecule has 2 aromatic rings. The maximum Gasteiger partial charge on any atom is 0.251 e. The van der Waals surface area contributed by atoms with Crippen LogP contribution < -0.4 is 5.32 Å². The van der Waals surface area contributed by atoms with Gasteiger partial charge >= 0.3 is 0 Å². The SMILES string of the molecule is CN(C)C(CNC(=O)c1cc(Cl)nc(Cl)c1)Cc1ccccc1. The first-order valence-electron chi connectivity index (χ1n) is 7.27. The minimum absolute atomic E-state index is 0.189. The zero-order valence-corrected chi connectivity index (χ0v) is 14.6. The lowest BCUT2D eigenvalue weighted by Crippen LogP contribution is -2.41. The van der Waals surface area contributed by atoms with Gasteiger partial charge in [0, 0.05) is 18.2 Å². The van der Waals surface area contributed by atoms with Crippen LogP contribution in [-0.4, -0.2) is 42.5 Å². The summed E-state index contributed by atoms with van der Waals surface area (Å²) in [6.45, 7) is 0.526. The van der Waals surface area contributed by atoms with Crippen molar-refractivity contribution in [3.8, 4) is 0 Å². The molecule has 0 aliphatic rings. The van der Waals surface area contributed by atoms with Gasteiger partial charge in [0.1, 0.15) is 10.3 Å². The average Bonchev–Trinajstić information content (AvgIpc) is 2.50. The molecule has 2 rings (SSSR count). The van der Waals surface area contributed by atoms with Crippen LogP contribution in [0.25, 0.3) is 0 Å². The number of benzene rings is 1. The largest absolute Gasteiger partial charge is 0.350 e. The smallest absolute Gasteiger partial charge is 0.251 e. The Bertz CT molecular complexity index is 642. The van der Waals surface area contributed by atoms with E-state index in [2.05, 4.69) is 27.3 Å². The Morgan fingerprint density at radius 3 is 2.35 bits per heavy atom. The van der Waals surface area contributed by atoms with Crippen LogP contribution in [0.5, 0.6) is 0 Å². The summed E-state index contributed by atoms with van der Waals surface area (Å²) in [4.78, 5) is 18.2. The fraction of sp³-hybridized carbons (Fsp3) is 0.294. The Labute approximate surface area is 146 Å². The highest BCUT2D eigenvalue weighted by atomic mass is 35.5. The fourth-order valence-electron chi connectivity index (χ4n) is 2.23. The maximum atomic E-state index is 12.3. The van der Waals surface area contributed by atoms with E-state index < -0.39 is 0 Å². The number of hydrogen-bond acceptors (Lipinski definition) is 3. The highest BCUT2D eigenvalue weighted by Gasteiger charge is 2.15. The zero-order chi connectivity index (χ0) is 16.8. The number of halogens is 2. The molecule has 1 unspecified atom stereocenters. The van der Waals surface area contributed by atoms with Crippen molar-refractivity contribution in [3.05, 3.63) is 63.9 Å². The van der Waals surface area contributed by atoms with Crippen molar-refractivity contribution < 1.29 is 4.79 Å². The number of carbonyl (C=O) groups excluding carboxylic acids is 1. The van der Waals surface area contributed by atoms with Crippen molar-refractivity contribution in [1.29, 1.82) is 0 Å². The summed E-state index contributed by atoms with van der Waals surface area (Å²) in [5.74, 6) is -0.212. The number of aromatic nitrogens is 1. The second kappa shape index (κ2) is 8.29. The number of nitrogens with zero attached hydrogens (tertiary/aromatic N) is 2. The third-order valence-electron chi connectivity index (χ3n) is 3.57. The minimum Gasteiger partial charge on any atom is -0.350 e. The first-order chi connectivity index (χ1) is 11.0. The predicted octanol–water partition coefficient (Wildman–Crippen LogP) is 3.29. The van der Waals surface area contributed by atoms with Crippen LogP contribution in [0.3, 0.4) is 0 Å². The molecule has 1 amide bonds. The van der Waals surface area contributed by atoms with E-state index in [0.717, 1.165) is 6.42 Å². The molecule has 4 nitrogen and oxygen atoms in total. The van der Waals surface area contributed by atoms with Crippen LogP contribution in [0.1, 0.15) is 15.9 Å². The van der Waals surface area contributed by atoms with Gasteiger partial charge in [-0.25, -0.2) is 4.98 Å². The van der Waals surface area contributed by atoms with E-state index in [0.29, 0.717) is 12.1 Å². The van der Waals surface area contributed by atoms with E-state index in [1.165, 1.54) is 17.7 Å². The van der Waals surface area contributed by atoms with Crippen LogP contribution in [0, 0.1) is 0 Å². The first-order valence-corrected chi connectivity index (χ1v) is 8.03. The van der Waals surface area contributed by atoms with E-state index in [4.69, 9.17) is 23.2 Å². The van der Waals surface area contributed by atoms with Crippen molar-refractivity contribution in [2.45, 2.75) is 12.5 Å². The summed E-state index contributed by atoms with van der Waals surface area (Å²) < 4.78 is 0. The van der Waals surface area contributed by atoms with Crippen molar-refractivity contribution in [3.63, 3.8) is 0 Å². The van der Waals surface area contributed by atoms with Gasteiger partial charge in [-0.2, -0.15) is 0 Å². The molecule has 6 heteroatoms. The second-order valence-corrected chi connectivity index (χ2v) is 6.29. The Morgan fingerprint density at radius 1 is 1.17 bits per heavy atom. The molecule has 1 N–H and O–H groups in total. The summed E-state index contributed by atoms with van der Waals surface area (Å²) in [5, 5.41) is 3.34. The molecule has 122 valence electrons. The van der Waals surface area contributed by atoms with Crippen molar-refractivity contribution in [2.24, 2.45) is 0 Å². The molecular weight excluding hydrogens is 333 g/mol. The molecule has 23 heavy (non-hydrogen) atoms. The van der Waals surface area contributed by atoms with E-state index in [1.54, 1.807) is 0 Å². The third kappa shape index (κ3) is 5.50. The van der Waals surface area contributed by atoms with Crippen LogP contribution in [0.4, 0.5) is 0 Å². The van der Waals surface area contributed by atoms with Gasteiger partial charge in [-0.3, -0.25) is 4.79 Å². The van der Waals surface area contributed by atoms with E-state index in [1.807, 2.05) is 32.3 Å². The van der Waals surface area contributed by atoms with Gasteiger partial charge in [0.05, 0.1) is 0 Å². The lowest BCUT2D eigenvalue weighted by Gasteiger charge is -2.24. The van der Waals surface area contributed by atoms with Gasteiger partial charge in [-0.1, -0.05) is 53.5 Å². The molecule has 1 aromatic carbocycles. The van der Waals surface area contributed by atoms with Gasteiger partial charge in [-0.05, 0) is 38.2 Å². The van der Waals surface area contributed by atoms with E-state index in [9.17, 15) is 4.79 Å². The second-order valence-electron chi connectivity index (χ2n) is 5.52. The topological polar surface area (TPSA) is 45.2 Å². The number of amides is 1. The molecule has 0 saturated heterocycles. The minimum atomic E-state index is -0.212. The maximum absolute atomic E-state index is 12.3. The van der Waals surface area contributed by atoms with Crippen LogP contribution >= 0.6 is 23.2 Å². The Hall–Kier alpha value is -1.62. The summed E-state index contributed by atoms with van der Waals surface area (Å²) in [5.41, 5.74) is 1.64. The molecular formula is C17H19Cl2N3O.